The molecule has 5 heteroatoms. The Hall–Kier alpha value is -1.62. The summed E-state index contributed by atoms with van der Waals surface area (Å²) in [5.74, 6) is 3.31. The van der Waals surface area contributed by atoms with Crippen LogP contribution in [0.3, 0.4) is 0 Å². The number of hydrogen-bond donors (Lipinski definition) is 2. The van der Waals surface area contributed by atoms with E-state index in [0.717, 1.165) is 23.5 Å². The van der Waals surface area contributed by atoms with E-state index in [2.05, 4.69) is 17.6 Å². The number of amides is 1. The normalized spacial score (nSPS) is 31.5. The molecule has 0 radical (unpaired) electrons. The van der Waals surface area contributed by atoms with Crippen molar-refractivity contribution in [2.75, 3.05) is 0 Å². The molecular weight excluding hydrogens is 368 g/mol. The van der Waals surface area contributed by atoms with E-state index in [4.69, 9.17) is 17.0 Å². The Bertz CT molecular complexity index is 708. The Morgan fingerprint density at radius 1 is 1.04 bits per heavy atom. The van der Waals surface area contributed by atoms with Gasteiger partial charge in [0.25, 0.3) is 5.91 Å². The van der Waals surface area contributed by atoms with E-state index in [1.807, 2.05) is 26.0 Å². The van der Waals surface area contributed by atoms with Crippen molar-refractivity contribution in [3.8, 4) is 5.75 Å². The summed E-state index contributed by atoms with van der Waals surface area (Å²) in [6.07, 6.45) is 8.38. The van der Waals surface area contributed by atoms with Crippen molar-refractivity contribution >= 4 is 23.2 Å². The average Bonchev–Trinajstić information content (AvgIpc) is 2.60. The minimum atomic E-state index is -0.175. The van der Waals surface area contributed by atoms with Gasteiger partial charge in [-0.15, -0.1) is 0 Å². The highest BCUT2D eigenvalue weighted by atomic mass is 32.1. The summed E-state index contributed by atoms with van der Waals surface area (Å²) in [4.78, 5) is 12.5. The van der Waals surface area contributed by atoms with E-state index in [1.54, 1.807) is 12.1 Å². The number of carbonyl (C=O) groups excluding carboxylic acids is 1. The molecule has 4 saturated carbocycles. The molecule has 4 aliphatic rings. The Balaban J connectivity index is 1.33. The van der Waals surface area contributed by atoms with Crippen molar-refractivity contribution in [1.82, 2.24) is 10.6 Å². The van der Waals surface area contributed by atoms with Crippen molar-refractivity contribution < 1.29 is 9.53 Å². The fourth-order valence-corrected chi connectivity index (χ4v) is 6.50. The molecule has 4 fully saturated rings. The second kappa shape index (κ2) is 7.66. The molecule has 0 spiro atoms. The number of rotatable bonds is 5. The second-order valence-corrected chi connectivity index (χ2v) is 10.0. The average molecular weight is 401 g/mol. The lowest BCUT2D eigenvalue weighted by atomic mass is 9.48. The van der Waals surface area contributed by atoms with Gasteiger partial charge in [-0.3, -0.25) is 10.1 Å². The minimum Gasteiger partial charge on any atom is -0.491 e. The summed E-state index contributed by atoms with van der Waals surface area (Å²) in [6, 6.07) is 7.50. The van der Waals surface area contributed by atoms with Crippen LogP contribution < -0.4 is 15.4 Å². The SMILES string of the molecule is CC(C)Oc1ccc(C(=O)NC(=S)N[C@@H](C)C23CC4CC(CC(C4)C2)C3)cc1. The first-order chi connectivity index (χ1) is 13.3. The van der Waals surface area contributed by atoms with E-state index in [9.17, 15) is 4.79 Å². The van der Waals surface area contributed by atoms with Crippen molar-refractivity contribution in [2.24, 2.45) is 23.2 Å². The van der Waals surface area contributed by atoms with E-state index in [1.165, 1.54) is 38.5 Å². The first-order valence-electron chi connectivity index (χ1n) is 10.7. The number of ether oxygens (including phenoxy) is 1. The van der Waals surface area contributed by atoms with Gasteiger partial charge in [-0.05, 0) is 119 Å². The van der Waals surface area contributed by atoms with Gasteiger partial charge in [0.05, 0.1) is 6.10 Å². The number of nitrogens with one attached hydrogen (secondary N) is 2. The summed E-state index contributed by atoms with van der Waals surface area (Å²) < 4.78 is 5.63. The second-order valence-electron chi connectivity index (χ2n) is 9.62. The molecule has 0 heterocycles. The molecule has 4 aliphatic carbocycles. The fraction of sp³-hybridized carbons (Fsp3) is 0.652. The Kier molecular flexibility index (Phi) is 5.38. The van der Waals surface area contributed by atoms with Crippen molar-refractivity contribution in [3.05, 3.63) is 29.8 Å². The van der Waals surface area contributed by atoms with E-state index in [-0.39, 0.29) is 12.0 Å². The Labute approximate surface area is 173 Å². The van der Waals surface area contributed by atoms with Gasteiger partial charge < -0.3 is 10.1 Å². The van der Waals surface area contributed by atoms with Crippen LogP contribution >= 0.6 is 12.2 Å². The highest BCUT2D eigenvalue weighted by Gasteiger charge is 2.53. The predicted octanol–water partition coefficient (Wildman–Crippen LogP) is 4.68. The highest BCUT2D eigenvalue weighted by molar-refractivity contribution is 7.80. The largest absolute Gasteiger partial charge is 0.491 e. The molecule has 5 rings (SSSR count). The monoisotopic (exact) mass is 400 g/mol. The number of hydrogen-bond acceptors (Lipinski definition) is 3. The number of thiocarbonyl (C=S) groups is 1. The summed E-state index contributed by atoms with van der Waals surface area (Å²) in [7, 11) is 0. The molecule has 0 unspecified atom stereocenters. The van der Waals surface area contributed by atoms with Crippen LogP contribution in [0.5, 0.6) is 5.75 Å². The molecule has 0 aromatic heterocycles. The summed E-state index contributed by atoms with van der Waals surface area (Å²) in [5.41, 5.74) is 0.946. The third-order valence-corrected chi connectivity index (χ3v) is 7.29. The van der Waals surface area contributed by atoms with Gasteiger partial charge in [0, 0.05) is 11.6 Å². The van der Waals surface area contributed by atoms with Gasteiger partial charge in [0.1, 0.15) is 5.75 Å². The van der Waals surface area contributed by atoms with E-state index < -0.39 is 0 Å². The van der Waals surface area contributed by atoms with Gasteiger partial charge in [0.2, 0.25) is 0 Å². The van der Waals surface area contributed by atoms with Crippen LogP contribution in [0.15, 0.2) is 24.3 Å². The van der Waals surface area contributed by atoms with Crippen molar-refractivity contribution in [1.29, 1.82) is 0 Å². The van der Waals surface area contributed by atoms with Crippen LogP contribution in [-0.2, 0) is 0 Å². The molecule has 0 aliphatic heterocycles. The zero-order valence-electron chi connectivity index (χ0n) is 17.2. The molecule has 1 aromatic carbocycles. The molecule has 1 atom stereocenters. The Morgan fingerprint density at radius 3 is 2.07 bits per heavy atom. The predicted molar refractivity (Wildman–Crippen MR) is 115 cm³/mol. The first kappa shape index (κ1) is 19.7. The van der Waals surface area contributed by atoms with Gasteiger partial charge >= 0.3 is 0 Å². The summed E-state index contributed by atoms with van der Waals surface area (Å²) in [6.45, 7) is 6.22. The third kappa shape index (κ3) is 4.05. The molecule has 4 bridgehead atoms. The molecule has 2 N–H and O–H groups in total. The third-order valence-electron chi connectivity index (χ3n) is 7.07. The van der Waals surface area contributed by atoms with Gasteiger partial charge in [-0.1, -0.05) is 0 Å². The minimum absolute atomic E-state index is 0.113. The first-order valence-corrected chi connectivity index (χ1v) is 11.1. The standard InChI is InChI=1S/C23H32N2O2S/c1-14(2)27-20-6-4-19(5-7-20)21(26)25-22(28)24-15(3)23-11-16-8-17(12-23)10-18(9-16)13-23/h4-7,14-18H,8-13H2,1-3H3,(H2,24,25,26,28)/t15-,16?,17?,18?,23?/m0/s1. The molecule has 28 heavy (non-hydrogen) atoms. The van der Waals surface area contributed by atoms with Crippen LogP contribution in [0.4, 0.5) is 0 Å². The number of benzene rings is 1. The van der Waals surface area contributed by atoms with Crippen LogP contribution in [0.25, 0.3) is 0 Å². The maximum Gasteiger partial charge on any atom is 0.257 e. The maximum absolute atomic E-state index is 12.5. The highest BCUT2D eigenvalue weighted by Crippen LogP contribution is 2.61. The van der Waals surface area contributed by atoms with Gasteiger partial charge in [-0.2, -0.15) is 0 Å². The maximum atomic E-state index is 12.5. The lowest BCUT2D eigenvalue weighted by Crippen LogP contribution is -2.57. The fourth-order valence-electron chi connectivity index (χ4n) is 6.23. The topological polar surface area (TPSA) is 50.4 Å². The lowest BCUT2D eigenvalue weighted by molar-refractivity contribution is -0.0672. The van der Waals surface area contributed by atoms with Crippen LogP contribution in [0.2, 0.25) is 0 Å². The quantitative estimate of drug-likeness (QED) is 0.705. The lowest BCUT2D eigenvalue weighted by Gasteiger charge is -2.59. The Morgan fingerprint density at radius 2 is 1.57 bits per heavy atom. The van der Waals surface area contributed by atoms with Crippen LogP contribution in [-0.4, -0.2) is 23.2 Å². The molecule has 152 valence electrons. The van der Waals surface area contributed by atoms with Crippen LogP contribution in [0, 0.1) is 23.2 Å². The summed E-state index contributed by atoms with van der Waals surface area (Å²) in [5, 5.41) is 6.75. The van der Waals surface area contributed by atoms with Gasteiger partial charge in [-0.25, -0.2) is 0 Å². The molecule has 1 aromatic rings. The molecule has 4 nitrogen and oxygen atoms in total. The van der Waals surface area contributed by atoms with Crippen molar-refractivity contribution in [2.45, 2.75) is 71.4 Å². The van der Waals surface area contributed by atoms with Crippen molar-refractivity contribution in [3.63, 3.8) is 0 Å². The van der Waals surface area contributed by atoms with Crippen LogP contribution in [0.1, 0.15) is 69.7 Å². The summed E-state index contributed by atoms with van der Waals surface area (Å²) >= 11 is 5.48. The zero-order chi connectivity index (χ0) is 19.9. The van der Waals surface area contributed by atoms with E-state index >= 15 is 0 Å². The van der Waals surface area contributed by atoms with E-state index in [0.29, 0.717) is 22.1 Å². The molecular formula is C23H32N2O2S. The molecule has 1 amide bonds. The number of carbonyl (C=O) groups is 1. The molecule has 0 saturated heterocycles. The zero-order valence-corrected chi connectivity index (χ0v) is 18.0. The van der Waals surface area contributed by atoms with Gasteiger partial charge in [0.15, 0.2) is 5.11 Å². The smallest absolute Gasteiger partial charge is 0.257 e.